The summed E-state index contributed by atoms with van der Waals surface area (Å²) < 4.78 is 23.5. The summed E-state index contributed by atoms with van der Waals surface area (Å²) in [7, 11) is 4.96. The number of epoxide rings is 1. The number of allylic oxidation sites excluding steroid dienone is 3. The smallest absolute Gasteiger partial charge is 0.409 e. The van der Waals surface area contributed by atoms with Gasteiger partial charge in [-0.05, 0) is 58.5 Å². The molecule has 11 nitrogen and oxygen atoms in total. The highest BCUT2D eigenvalue weighted by molar-refractivity contribution is 6.35. The summed E-state index contributed by atoms with van der Waals surface area (Å²) >= 11 is 6.73. The van der Waals surface area contributed by atoms with Crippen LogP contribution < -0.4 is 15.0 Å². The molecule has 4 bridgehead atoms. The van der Waals surface area contributed by atoms with Crippen molar-refractivity contribution in [3.63, 3.8) is 0 Å². The van der Waals surface area contributed by atoms with Gasteiger partial charge in [0.25, 0.3) is 0 Å². The number of nitrogens with zero attached hydrogens (tertiary/aromatic N) is 2. The quantitative estimate of drug-likeness (QED) is 0.343. The molecule has 254 valence electrons. The summed E-state index contributed by atoms with van der Waals surface area (Å²) in [4.78, 5) is 43.3. The molecule has 2 amide bonds. The highest BCUT2D eigenvalue weighted by Gasteiger charge is 2.64. The van der Waals surface area contributed by atoms with Crippen LogP contribution in [0.2, 0.25) is 5.02 Å². The third-order valence-corrected chi connectivity index (χ3v) is 10.2. The highest BCUT2D eigenvalue weighted by atomic mass is 35.5. The Morgan fingerprint density at radius 1 is 1.30 bits per heavy atom. The molecule has 46 heavy (non-hydrogen) atoms. The minimum Gasteiger partial charge on any atom is -0.495 e. The lowest BCUT2D eigenvalue weighted by Gasteiger charge is -2.41. The number of carbonyl (C=O) groups excluding carboxylic acids is 3. The molecule has 1 aromatic carbocycles. The maximum absolute atomic E-state index is 13.9. The number of hydrogen-bond donors (Lipinski definition) is 2. The highest BCUT2D eigenvalue weighted by Crippen LogP contribution is 2.49. The molecule has 0 unspecified atom stereocenters. The largest absolute Gasteiger partial charge is 0.495 e. The second-order valence-electron chi connectivity index (χ2n) is 13.1. The number of nitrogens with one attached hydrogen (secondary N) is 1. The van der Waals surface area contributed by atoms with Crippen molar-refractivity contribution in [2.45, 2.75) is 96.5 Å². The summed E-state index contributed by atoms with van der Waals surface area (Å²) in [6.07, 6.45) is 3.15. The van der Waals surface area contributed by atoms with E-state index in [1.165, 1.54) is 12.0 Å². The fraction of sp³-hybridized carbons (Fsp3) is 0.618. The monoisotopic (exact) mass is 661 g/mol. The molecule has 2 saturated heterocycles. The first kappa shape index (κ1) is 35.7. The molecule has 3 aliphatic rings. The lowest BCUT2D eigenvalue weighted by molar-refractivity contribution is -0.158. The molecule has 0 aromatic heterocycles. The fourth-order valence-electron chi connectivity index (χ4n) is 6.20. The molecule has 12 heteroatoms. The molecule has 0 saturated carbocycles. The molecule has 0 aliphatic carbocycles. The summed E-state index contributed by atoms with van der Waals surface area (Å²) in [6, 6.07) is 3.12. The number of likely N-dealkylation sites (N-methyl/N-ethyl adjacent to an activating group) is 1. The standard InChI is InChI=1S/C34H48ClN3O8/c1-10-37(7)22(5)31(40)45-27-17-28(39)38(8)24-15-23(16-25(43-9)29(24)35)14-19(2)12-11-13-20(3)34(42)18-26(44-32(41)36-34)21(4)30-33(27,6)46-30/h11-13,15-16,20-22,26-27,30,42H,10,14,17-18H2,1-9H3,(H,36,41)/b13-11+,19-12+/t20-,21-,22+,26+,27+,30+,33+,34+/m1/s1. The summed E-state index contributed by atoms with van der Waals surface area (Å²) in [5, 5.41) is 14.5. The van der Waals surface area contributed by atoms with Crippen LogP contribution >= 0.6 is 11.6 Å². The van der Waals surface area contributed by atoms with Gasteiger partial charge >= 0.3 is 12.1 Å². The molecule has 8 atom stereocenters. The van der Waals surface area contributed by atoms with Crippen molar-refractivity contribution in [3.05, 3.63) is 46.5 Å². The number of amides is 2. The van der Waals surface area contributed by atoms with Crippen molar-refractivity contribution in [3.8, 4) is 5.75 Å². The number of alkyl carbamates (subject to hydrolysis) is 1. The van der Waals surface area contributed by atoms with E-state index in [-0.39, 0.29) is 23.8 Å². The van der Waals surface area contributed by atoms with E-state index in [1.54, 1.807) is 20.9 Å². The van der Waals surface area contributed by atoms with Crippen LogP contribution in [0.3, 0.4) is 0 Å². The Labute approximate surface area is 276 Å². The number of halogens is 1. The van der Waals surface area contributed by atoms with E-state index in [0.29, 0.717) is 24.4 Å². The van der Waals surface area contributed by atoms with Gasteiger partial charge in [-0.25, -0.2) is 4.79 Å². The van der Waals surface area contributed by atoms with E-state index in [1.807, 2.05) is 70.0 Å². The van der Waals surface area contributed by atoms with Crippen LogP contribution in [0.15, 0.2) is 35.9 Å². The van der Waals surface area contributed by atoms with E-state index in [9.17, 15) is 19.5 Å². The molecule has 2 fully saturated rings. The molecule has 4 rings (SSSR count). The fourth-order valence-corrected chi connectivity index (χ4v) is 6.52. The Kier molecular flexibility index (Phi) is 10.8. The predicted octanol–water partition coefficient (Wildman–Crippen LogP) is 4.63. The number of ether oxygens (including phenoxy) is 4. The number of methoxy groups -OCH3 is 1. The Morgan fingerprint density at radius 2 is 2.00 bits per heavy atom. The van der Waals surface area contributed by atoms with Crippen LogP contribution in [-0.4, -0.2) is 91.4 Å². The van der Waals surface area contributed by atoms with Gasteiger partial charge in [0.05, 0.1) is 25.3 Å². The number of carbonyl (C=O) groups is 3. The molecule has 2 N–H and O–H groups in total. The first-order valence-electron chi connectivity index (χ1n) is 15.8. The average molecular weight is 662 g/mol. The van der Waals surface area contributed by atoms with Crippen LogP contribution in [0.5, 0.6) is 5.75 Å². The Balaban J connectivity index is 1.78. The van der Waals surface area contributed by atoms with Crippen molar-refractivity contribution in [2.24, 2.45) is 11.8 Å². The van der Waals surface area contributed by atoms with Gasteiger partial charge in [-0.2, -0.15) is 0 Å². The molecular weight excluding hydrogens is 614 g/mol. The first-order chi connectivity index (χ1) is 21.5. The van der Waals surface area contributed by atoms with E-state index in [2.05, 4.69) is 5.32 Å². The SMILES string of the molecule is CCN(C)[C@@H](C)C(=O)O[C@H]1CC(=O)N(C)c2cc(cc(OC)c2Cl)C/C(C)=C/C=C/[C@@H](C)[C@@]2(O)C[C@H](OC(=O)N2)[C@@H](C)[C@@H]2O[C@@]12C. The second-order valence-corrected chi connectivity index (χ2v) is 13.5. The number of fused-ring (bicyclic) bond motifs is 5. The minimum absolute atomic E-state index is 0.110. The molecule has 3 heterocycles. The van der Waals surface area contributed by atoms with E-state index in [0.717, 1.165) is 11.1 Å². The maximum atomic E-state index is 13.9. The predicted molar refractivity (Wildman–Crippen MR) is 175 cm³/mol. The van der Waals surface area contributed by atoms with Crippen molar-refractivity contribution in [1.82, 2.24) is 10.2 Å². The van der Waals surface area contributed by atoms with Gasteiger partial charge in [-0.15, -0.1) is 0 Å². The van der Waals surface area contributed by atoms with Crippen LogP contribution in [0.25, 0.3) is 0 Å². The summed E-state index contributed by atoms with van der Waals surface area (Å²) in [5.74, 6) is -1.26. The van der Waals surface area contributed by atoms with E-state index >= 15 is 0 Å². The molecule has 0 spiro atoms. The third kappa shape index (κ3) is 7.38. The van der Waals surface area contributed by atoms with Crippen molar-refractivity contribution < 1.29 is 38.4 Å². The van der Waals surface area contributed by atoms with E-state index < -0.39 is 59.6 Å². The number of hydrogen-bond acceptors (Lipinski definition) is 9. The van der Waals surface area contributed by atoms with E-state index in [4.69, 9.17) is 30.5 Å². The summed E-state index contributed by atoms with van der Waals surface area (Å²) in [6.45, 7) is 11.8. The van der Waals surface area contributed by atoms with Gasteiger partial charge in [0.15, 0.2) is 0 Å². The van der Waals surface area contributed by atoms with Crippen LogP contribution in [0, 0.1) is 11.8 Å². The second kappa shape index (κ2) is 13.9. The normalized spacial score (nSPS) is 34.4. The van der Waals surface area contributed by atoms with Gasteiger partial charge < -0.3 is 29.0 Å². The Bertz CT molecular complexity index is 1400. The van der Waals surface area contributed by atoms with Crippen LogP contribution in [0.4, 0.5) is 10.5 Å². The minimum atomic E-state index is -1.57. The number of anilines is 1. The molecule has 1 aromatic rings. The molecule has 0 radical (unpaired) electrons. The summed E-state index contributed by atoms with van der Waals surface area (Å²) in [5.41, 5.74) is -0.300. The van der Waals surface area contributed by atoms with Gasteiger partial charge in [-0.3, -0.25) is 19.8 Å². The van der Waals surface area contributed by atoms with Crippen LogP contribution in [-0.2, 0) is 30.2 Å². The first-order valence-corrected chi connectivity index (χ1v) is 16.2. The zero-order valence-corrected chi connectivity index (χ0v) is 29.0. The van der Waals surface area contributed by atoms with Crippen LogP contribution in [0.1, 0.15) is 59.9 Å². The van der Waals surface area contributed by atoms with Gasteiger partial charge in [0.2, 0.25) is 5.91 Å². The molecular formula is C34H48ClN3O8. The number of benzene rings is 1. The zero-order valence-electron chi connectivity index (χ0n) is 28.3. The Hall–Kier alpha value is -3.12. The number of esters is 1. The van der Waals surface area contributed by atoms with Crippen molar-refractivity contribution in [2.75, 3.05) is 32.6 Å². The van der Waals surface area contributed by atoms with Gasteiger partial charge in [-0.1, -0.05) is 56.2 Å². The zero-order chi connectivity index (χ0) is 34.1. The molecule has 3 aliphatic heterocycles. The Morgan fingerprint density at radius 3 is 2.65 bits per heavy atom. The number of aliphatic hydroxyl groups is 1. The van der Waals surface area contributed by atoms with Gasteiger partial charge in [0.1, 0.15) is 40.3 Å². The third-order valence-electron chi connectivity index (χ3n) is 9.85. The average Bonchev–Trinajstić information content (AvgIpc) is 3.70. The lowest BCUT2D eigenvalue weighted by atomic mass is 9.82. The van der Waals surface area contributed by atoms with Gasteiger partial charge in [0, 0.05) is 25.3 Å². The number of rotatable bonds is 5. The van der Waals surface area contributed by atoms with Crippen molar-refractivity contribution in [1.29, 1.82) is 0 Å². The lowest BCUT2D eigenvalue weighted by Crippen LogP contribution is -2.60. The topological polar surface area (TPSA) is 130 Å². The van der Waals surface area contributed by atoms with Crippen molar-refractivity contribution >= 4 is 35.3 Å². The maximum Gasteiger partial charge on any atom is 0.409 e.